The number of ether oxygens (including phenoxy) is 1. The van der Waals surface area contributed by atoms with Gasteiger partial charge in [0, 0.05) is 47.5 Å². The Morgan fingerprint density at radius 3 is 2.38 bits per heavy atom. The lowest BCUT2D eigenvalue weighted by Gasteiger charge is -2.26. The maximum absolute atomic E-state index is 12.9. The predicted octanol–water partition coefficient (Wildman–Crippen LogP) is 6.12. The van der Waals surface area contributed by atoms with Crippen LogP contribution in [-0.4, -0.2) is 47.1 Å². The van der Waals surface area contributed by atoms with E-state index < -0.39 is 0 Å². The fourth-order valence-electron chi connectivity index (χ4n) is 4.75. The van der Waals surface area contributed by atoms with Gasteiger partial charge in [-0.1, -0.05) is 60.7 Å². The number of benzene rings is 4. The Kier molecular flexibility index (Phi) is 7.25. The Morgan fingerprint density at radius 1 is 0.795 bits per heavy atom. The van der Waals surface area contributed by atoms with Gasteiger partial charge in [0.2, 0.25) is 5.95 Å². The quantitative estimate of drug-likeness (QED) is 0.272. The van der Waals surface area contributed by atoms with Gasteiger partial charge in [0.15, 0.2) is 0 Å². The number of nitrogens with zero attached hydrogens (tertiary/aromatic N) is 3. The van der Waals surface area contributed by atoms with Gasteiger partial charge in [-0.25, -0.2) is 9.97 Å². The van der Waals surface area contributed by atoms with Crippen LogP contribution in [-0.2, 0) is 11.3 Å². The van der Waals surface area contributed by atoms with Crippen LogP contribution in [0.2, 0.25) is 0 Å². The summed E-state index contributed by atoms with van der Waals surface area (Å²) in [4.78, 5) is 24.8. The summed E-state index contributed by atoms with van der Waals surface area (Å²) in [6, 6.07) is 33.4. The normalized spacial score (nSPS) is 13.7. The molecule has 7 heteroatoms. The first-order valence-corrected chi connectivity index (χ1v) is 13.1. The highest BCUT2D eigenvalue weighted by atomic mass is 16.5. The van der Waals surface area contributed by atoms with Crippen molar-refractivity contribution in [1.29, 1.82) is 0 Å². The van der Waals surface area contributed by atoms with E-state index in [1.165, 1.54) is 5.56 Å². The van der Waals surface area contributed by atoms with Crippen molar-refractivity contribution in [2.24, 2.45) is 0 Å². The highest BCUT2D eigenvalue weighted by Gasteiger charge is 2.13. The number of fused-ring (bicyclic) bond motifs is 1. The van der Waals surface area contributed by atoms with Gasteiger partial charge in [-0.2, -0.15) is 0 Å². The Labute approximate surface area is 227 Å². The van der Waals surface area contributed by atoms with Crippen LogP contribution in [0.1, 0.15) is 15.9 Å². The van der Waals surface area contributed by atoms with Gasteiger partial charge < -0.3 is 15.4 Å². The molecule has 0 unspecified atom stereocenters. The standard InChI is InChI=1S/C32H29N5O2/c38-31(33-27-10-6-7-23(21-27)22-37-17-19-39-20-18-37)25-13-15-26(16-14-25)34-32-35-29-12-5-4-11-28(29)30(36-32)24-8-2-1-3-9-24/h1-16,21H,17-20,22H2,(H,33,38)(H,34,35,36). The van der Waals surface area contributed by atoms with E-state index in [0.29, 0.717) is 11.5 Å². The molecule has 1 aliphatic rings. The smallest absolute Gasteiger partial charge is 0.255 e. The van der Waals surface area contributed by atoms with Crippen LogP contribution >= 0.6 is 0 Å². The molecule has 7 nitrogen and oxygen atoms in total. The SMILES string of the molecule is O=C(Nc1cccc(CN2CCOCC2)c1)c1ccc(Nc2nc(-c3ccccc3)c3ccccc3n2)cc1. The largest absolute Gasteiger partial charge is 0.379 e. The van der Waals surface area contributed by atoms with Crippen molar-refractivity contribution in [3.05, 3.63) is 114 Å². The summed E-state index contributed by atoms with van der Waals surface area (Å²) in [5.41, 5.74) is 6.08. The number of para-hydroxylation sites is 1. The van der Waals surface area contributed by atoms with Crippen molar-refractivity contribution in [3.63, 3.8) is 0 Å². The van der Waals surface area contributed by atoms with Crippen LogP contribution in [0.15, 0.2) is 103 Å². The zero-order valence-electron chi connectivity index (χ0n) is 21.5. The summed E-state index contributed by atoms with van der Waals surface area (Å²) < 4.78 is 5.43. The molecule has 0 spiro atoms. The molecule has 0 bridgehead atoms. The lowest BCUT2D eigenvalue weighted by atomic mass is 10.1. The van der Waals surface area contributed by atoms with Crippen LogP contribution in [0.4, 0.5) is 17.3 Å². The molecular weight excluding hydrogens is 486 g/mol. The molecule has 194 valence electrons. The summed E-state index contributed by atoms with van der Waals surface area (Å²) in [7, 11) is 0. The van der Waals surface area contributed by atoms with Gasteiger partial charge >= 0.3 is 0 Å². The lowest BCUT2D eigenvalue weighted by molar-refractivity contribution is 0.0342. The molecule has 4 aromatic carbocycles. The van der Waals surface area contributed by atoms with E-state index in [-0.39, 0.29) is 5.91 Å². The van der Waals surface area contributed by atoms with Crippen molar-refractivity contribution in [2.45, 2.75) is 6.54 Å². The summed E-state index contributed by atoms with van der Waals surface area (Å²) in [6.45, 7) is 4.23. The molecule has 0 atom stereocenters. The average molecular weight is 516 g/mol. The fraction of sp³-hybridized carbons (Fsp3) is 0.156. The second-order valence-corrected chi connectivity index (χ2v) is 9.52. The molecule has 1 saturated heterocycles. The van der Waals surface area contributed by atoms with Crippen LogP contribution in [0, 0.1) is 0 Å². The molecule has 5 aromatic rings. The van der Waals surface area contributed by atoms with E-state index in [9.17, 15) is 4.79 Å². The first-order valence-electron chi connectivity index (χ1n) is 13.1. The van der Waals surface area contributed by atoms with Gasteiger partial charge in [0.1, 0.15) is 0 Å². The van der Waals surface area contributed by atoms with Gasteiger partial charge in [0.05, 0.1) is 24.4 Å². The van der Waals surface area contributed by atoms with E-state index in [1.54, 1.807) is 12.1 Å². The molecule has 0 saturated carbocycles. The molecule has 1 aliphatic heterocycles. The molecule has 39 heavy (non-hydrogen) atoms. The molecule has 0 aliphatic carbocycles. The zero-order chi connectivity index (χ0) is 26.4. The number of carbonyl (C=O) groups is 1. The van der Waals surface area contributed by atoms with E-state index in [1.807, 2.05) is 84.9 Å². The monoisotopic (exact) mass is 515 g/mol. The topological polar surface area (TPSA) is 79.4 Å². The highest BCUT2D eigenvalue weighted by molar-refractivity contribution is 6.04. The van der Waals surface area contributed by atoms with E-state index in [0.717, 1.165) is 66.4 Å². The van der Waals surface area contributed by atoms with Crippen LogP contribution < -0.4 is 10.6 Å². The minimum absolute atomic E-state index is 0.154. The van der Waals surface area contributed by atoms with Crippen LogP contribution in [0.3, 0.4) is 0 Å². The second kappa shape index (κ2) is 11.4. The summed E-state index contributed by atoms with van der Waals surface area (Å²) in [5, 5.41) is 7.32. The number of hydrogen-bond donors (Lipinski definition) is 2. The van der Waals surface area contributed by atoms with E-state index in [2.05, 4.69) is 21.6 Å². The maximum Gasteiger partial charge on any atom is 0.255 e. The number of nitrogens with one attached hydrogen (secondary N) is 2. The minimum Gasteiger partial charge on any atom is -0.379 e. The fourth-order valence-corrected chi connectivity index (χ4v) is 4.75. The van der Waals surface area contributed by atoms with Crippen LogP contribution in [0.5, 0.6) is 0 Å². The molecule has 1 amide bonds. The molecule has 2 heterocycles. The Hall–Kier alpha value is -4.59. The molecule has 1 aromatic heterocycles. The summed E-state index contributed by atoms with van der Waals surface area (Å²) >= 11 is 0. The second-order valence-electron chi connectivity index (χ2n) is 9.52. The lowest BCUT2D eigenvalue weighted by Crippen LogP contribution is -2.35. The van der Waals surface area contributed by atoms with Gasteiger partial charge in [-0.05, 0) is 48.0 Å². The van der Waals surface area contributed by atoms with Crippen molar-refractivity contribution in [3.8, 4) is 11.3 Å². The number of aromatic nitrogens is 2. The number of morpholine rings is 1. The van der Waals surface area contributed by atoms with Crippen molar-refractivity contribution < 1.29 is 9.53 Å². The molecule has 6 rings (SSSR count). The minimum atomic E-state index is -0.154. The first-order chi connectivity index (χ1) is 19.2. The zero-order valence-corrected chi connectivity index (χ0v) is 21.5. The van der Waals surface area contributed by atoms with E-state index in [4.69, 9.17) is 14.7 Å². The third-order valence-corrected chi connectivity index (χ3v) is 6.75. The number of anilines is 3. The van der Waals surface area contributed by atoms with Crippen molar-refractivity contribution in [2.75, 3.05) is 36.9 Å². The van der Waals surface area contributed by atoms with E-state index >= 15 is 0 Å². The van der Waals surface area contributed by atoms with Crippen molar-refractivity contribution >= 4 is 34.1 Å². The third kappa shape index (κ3) is 5.95. The highest BCUT2D eigenvalue weighted by Crippen LogP contribution is 2.28. The van der Waals surface area contributed by atoms with Gasteiger partial charge in [-0.3, -0.25) is 9.69 Å². The summed E-state index contributed by atoms with van der Waals surface area (Å²) in [6.07, 6.45) is 0. The maximum atomic E-state index is 12.9. The number of rotatable bonds is 7. The predicted molar refractivity (Wildman–Crippen MR) is 155 cm³/mol. The number of amides is 1. The number of carbonyl (C=O) groups excluding carboxylic acids is 1. The van der Waals surface area contributed by atoms with Crippen LogP contribution in [0.25, 0.3) is 22.2 Å². The number of hydrogen-bond acceptors (Lipinski definition) is 6. The molecular formula is C32H29N5O2. The molecule has 1 fully saturated rings. The first kappa shape index (κ1) is 24.7. The third-order valence-electron chi connectivity index (χ3n) is 6.75. The molecule has 0 radical (unpaired) electrons. The average Bonchev–Trinajstić information content (AvgIpc) is 2.98. The van der Waals surface area contributed by atoms with Gasteiger partial charge in [0.25, 0.3) is 5.91 Å². The van der Waals surface area contributed by atoms with Crippen molar-refractivity contribution in [1.82, 2.24) is 14.9 Å². The van der Waals surface area contributed by atoms with Gasteiger partial charge in [-0.15, -0.1) is 0 Å². The molecule has 2 N–H and O–H groups in total. The summed E-state index contributed by atoms with van der Waals surface area (Å²) in [5.74, 6) is 0.347. The Balaban J connectivity index is 1.15. The Bertz CT molecular complexity index is 1580. The Morgan fingerprint density at radius 2 is 1.56 bits per heavy atom.